The van der Waals surface area contributed by atoms with Crippen LogP contribution in [-0.4, -0.2) is 110 Å². The number of nitrogens with one attached hydrogen (secondary N) is 1. The van der Waals surface area contributed by atoms with Crippen LogP contribution >= 0.6 is 0 Å². The van der Waals surface area contributed by atoms with Crippen molar-refractivity contribution in [1.82, 2.24) is 19.8 Å². The maximum absolute atomic E-state index is 15.2. The molecular weight excluding hydrogens is 601 g/mol. The summed E-state index contributed by atoms with van der Waals surface area (Å²) in [6.07, 6.45) is 1.53. The molecule has 0 spiro atoms. The highest BCUT2D eigenvalue weighted by molar-refractivity contribution is 5.79. The van der Waals surface area contributed by atoms with Crippen molar-refractivity contribution in [2.24, 2.45) is 5.92 Å². The zero-order valence-corrected chi connectivity index (χ0v) is 26.4. The standard InChI is InChI=1S/C35H40FN7O4/c36-30-20-43(35(44)25-2-1-17-45-21-25)12-10-32(30)47-31-8-3-24(18-26(31)19-37)34-38-11-9-33(40-34)39-27-4-6-28(7-5-27)41-13-15-42(16-14-41)29-22-46-23-29/h3-9,11,18,25,29-30,32H,1-2,10,12-17,20-23H2,(H,38,39,40)/t25-,30+,32-/m0/s1. The lowest BCUT2D eigenvalue weighted by atomic mass is 9.98. The van der Waals surface area contributed by atoms with Crippen molar-refractivity contribution in [2.75, 3.05) is 75.9 Å². The summed E-state index contributed by atoms with van der Waals surface area (Å²) < 4.78 is 32.0. The van der Waals surface area contributed by atoms with E-state index >= 15 is 4.39 Å². The molecule has 0 unspecified atom stereocenters. The Morgan fingerprint density at radius 3 is 2.53 bits per heavy atom. The van der Waals surface area contributed by atoms with E-state index in [9.17, 15) is 10.1 Å². The molecule has 7 rings (SSSR count). The largest absolute Gasteiger partial charge is 0.486 e. The lowest BCUT2D eigenvalue weighted by Crippen LogP contribution is -2.56. The van der Waals surface area contributed by atoms with Gasteiger partial charge < -0.3 is 29.3 Å². The first-order chi connectivity index (χ1) is 23.0. The summed E-state index contributed by atoms with van der Waals surface area (Å²) in [4.78, 5) is 28.5. The molecule has 0 radical (unpaired) electrons. The summed E-state index contributed by atoms with van der Waals surface area (Å²) in [6.45, 7) is 7.25. The molecule has 1 amide bonds. The lowest BCUT2D eigenvalue weighted by Gasteiger charge is -2.43. The van der Waals surface area contributed by atoms with Crippen molar-refractivity contribution < 1.29 is 23.4 Å². The maximum Gasteiger partial charge on any atom is 0.228 e. The van der Waals surface area contributed by atoms with Crippen LogP contribution in [-0.2, 0) is 14.3 Å². The van der Waals surface area contributed by atoms with Gasteiger partial charge >= 0.3 is 0 Å². The first-order valence-corrected chi connectivity index (χ1v) is 16.5. The molecule has 0 bridgehead atoms. The molecule has 2 aromatic carbocycles. The summed E-state index contributed by atoms with van der Waals surface area (Å²) >= 11 is 0. The number of anilines is 3. The molecule has 1 N–H and O–H groups in total. The Morgan fingerprint density at radius 2 is 1.83 bits per heavy atom. The molecule has 11 nitrogen and oxygen atoms in total. The number of ether oxygens (including phenoxy) is 3. The molecule has 4 fully saturated rings. The zero-order valence-electron chi connectivity index (χ0n) is 26.4. The molecule has 246 valence electrons. The number of carbonyl (C=O) groups excluding carboxylic acids is 1. The van der Waals surface area contributed by atoms with Crippen LogP contribution in [0.2, 0.25) is 0 Å². The average Bonchev–Trinajstić information content (AvgIpc) is 3.09. The van der Waals surface area contributed by atoms with Gasteiger partial charge in [0.1, 0.15) is 23.7 Å². The van der Waals surface area contributed by atoms with Gasteiger partial charge in [0.15, 0.2) is 12.0 Å². The van der Waals surface area contributed by atoms with Crippen molar-refractivity contribution >= 4 is 23.1 Å². The summed E-state index contributed by atoms with van der Waals surface area (Å²) in [6, 6.07) is 18.0. The van der Waals surface area contributed by atoms with Gasteiger partial charge in [-0.3, -0.25) is 9.69 Å². The Bertz CT molecular complexity index is 1580. The molecule has 3 atom stereocenters. The van der Waals surface area contributed by atoms with Crippen molar-refractivity contribution in [1.29, 1.82) is 5.26 Å². The van der Waals surface area contributed by atoms with E-state index in [1.165, 1.54) is 5.69 Å². The van der Waals surface area contributed by atoms with Gasteiger partial charge in [-0.2, -0.15) is 5.26 Å². The van der Waals surface area contributed by atoms with E-state index in [1.54, 1.807) is 35.4 Å². The van der Waals surface area contributed by atoms with E-state index in [2.05, 4.69) is 43.3 Å². The number of rotatable bonds is 8. The highest BCUT2D eigenvalue weighted by Crippen LogP contribution is 2.30. The number of piperidine rings is 1. The molecule has 47 heavy (non-hydrogen) atoms. The third-order valence-electron chi connectivity index (χ3n) is 9.55. The number of piperazine rings is 1. The first-order valence-electron chi connectivity index (χ1n) is 16.5. The number of hydrogen-bond acceptors (Lipinski definition) is 10. The zero-order chi connectivity index (χ0) is 32.2. The summed E-state index contributed by atoms with van der Waals surface area (Å²) in [7, 11) is 0. The SMILES string of the molecule is N#Cc1cc(-c2nccc(Nc3ccc(N4CCN(C5COC5)CC4)cc3)n2)ccc1O[C@H]1CCN(C(=O)[C@H]2CCCOC2)C[C@H]1F. The lowest BCUT2D eigenvalue weighted by molar-refractivity contribution is -0.143. The van der Waals surface area contributed by atoms with Crippen LogP contribution in [0.1, 0.15) is 24.8 Å². The van der Waals surface area contributed by atoms with E-state index in [-0.39, 0.29) is 23.9 Å². The number of alkyl halides is 1. The van der Waals surface area contributed by atoms with Gasteiger partial charge in [-0.25, -0.2) is 14.4 Å². The van der Waals surface area contributed by atoms with Gasteiger partial charge in [0.2, 0.25) is 5.91 Å². The fourth-order valence-electron chi connectivity index (χ4n) is 6.68. The van der Waals surface area contributed by atoms with Gasteiger partial charge in [-0.15, -0.1) is 0 Å². The molecule has 1 aromatic heterocycles. The summed E-state index contributed by atoms with van der Waals surface area (Å²) in [5.74, 6) is 1.13. The van der Waals surface area contributed by atoms with Crippen LogP contribution < -0.4 is 15.0 Å². The van der Waals surface area contributed by atoms with Gasteiger partial charge in [0.05, 0.1) is 43.9 Å². The molecule has 12 heteroatoms. The molecule has 4 aliphatic heterocycles. The highest BCUT2D eigenvalue weighted by atomic mass is 19.1. The predicted molar refractivity (Wildman–Crippen MR) is 174 cm³/mol. The van der Waals surface area contributed by atoms with E-state index < -0.39 is 12.3 Å². The van der Waals surface area contributed by atoms with Crippen LogP contribution in [0.3, 0.4) is 0 Å². The quantitative estimate of drug-likeness (QED) is 0.387. The normalized spacial score (nSPS) is 23.9. The third kappa shape index (κ3) is 7.17. The van der Waals surface area contributed by atoms with E-state index in [0.29, 0.717) is 55.2 Å². The van der Waals surface area contributed by atoms with Gasteiger partial charge in [-0.1, -0.05) is 0 Å². The first kappa shape index (κ1) is 31.3. The topological polar surface area (TPSA) is 116 Å². The Kier molecular flexibility index (Phi) is 9.46. The van der Waals surface area contributed by atoms with Crippen LogP contribution in [0.4, 0.5) is 21.6 Å². The van der Waals surface area contributed by atoms with Gasteiger partial charge in [0.25, 0.3) is 0 Å². The number of nitrogens with zero attached hydrogens (tertiary/aromatic N) is 6. The minimum Gasteiger partial charge on any atom is -0.486 e. The van der Waals surface area contributed by atoms with Gasteiger partial charge in [0, 0.05) is 68.9 Å². The Balaban J connectivity index is 0.954. The van der Waals surface area contributed by atoms with Crippen molar-refractivity contribution in [3.8, 4) is 23.2 Å². The minimum atomic E-state index is -1.36. The molecule has 3 aromatic rings. The summed E-state index contributed by atoms with van der Waals surface area (Å²) in [5.41, 5.74) is 3.02. The smallest absolute Gasteiger partial charge is 0.228 e. The third-order valence-corrected chi connectivity index (χ3v) is 9.55. The number of hydrogen-bond donors (Lipinski definition) is 1. The fraction of sp³-hybridized carbons (Fsp3) is 0.486. The van der Waals surface area contributed by atoms with Crippen molar-refractivity contribution in [3.05, 3.63) is 60.3 Å². The molecule has 0 saturated carbocycles. The number of halogens is 1. The molecule has 4 aliphatic rings. The molecule has 5 heterocycles. The molecule has 0 aliphatic carbocycles. The second-order valence-corrected chi connectivity index (χ2v) is 12.6. The van der Waals surface area contributed by atoms with Crippen LogP contribution in [0.25, 0.3) is 11.4 Å². The predicted octanol–water partition coefficient (Wildman–Crippen LogP) is 4.02. The number of aromatic nitrogens is 2. The van der Waals surface area contributed by atoms with Crippen LogP contribution in [0.15, 0.2) is 54.7 Å². The number of likely N-dealkylation sites (tertiary alicyclic amines) is 1. The maximum atomic E-state index is 15.2. The molecule has 4 saturated heterocycles. The van der Waals surface area contributed by atoms with Crippen LogP contribution in [0.5, 0.6) is 5.75 Å². The highest BCUT2D eigenvalue weighted by Gasteiger charge is 2.36. The number of nitriles is 1. The Morgan fingerprint density at radius 1 is 1.00 bits per heavy atom. The van der Waals surface area contributed by atoms with Gasteiger partial charge in [-0.05, 0) is 61.4 Å². The van der Waals surface area contributed by atoms with E-state index in [1.807, 2.05) is 12.1 Å². The van der Waals surface area contributed by atoms with Crippen LogP contribution in [0, 0.1) is 17.2 Å². The fourth-order valence-corrected chi connectivity index (χ4v) is 6.68. The monoisotopic (exact) mass is 641 g/mol. The summed E-state index contributed by atoms with van der Waals surface area (Å²) in [5, 5.41) is 13.3. The average molecular weight is 642 g/mol. The second-order valence-electron chi connectivity index (χ2n) is 12.6. The minimum absolute atomic E-state index is 0.0239. The van der Waals surface area contributed by atoms with E-state index in [0.717, 1.165) is 57.9 Å². The Labute approximate surface area is 274 Å². The Hall–Kier alpha value is -4.31. The van der Waals surface area contributed by atoms with Crippen molar-refractivity contribution in [3.63, 3.8) is 0 Å². The second kappa shape index (κ2) is 14.2. The number of benzene rings is 2. The number of amides is 1. The van der Waals surface area contributed by atoms with E-state index in [4.69, 9.17) is 14.2 Å². The van der Waals surface area contributed by atoms with Crippen molar-refractivity contribution in [2.45, 2.75) is 37.6 Å². The number of carbonyl (C=O) groups is 1. The molecular formula is C35H40FN7O4.